The number of ketones is 1. The second kappa shape index (κ2) is 10.8. The number of piperidine rings is 1. The third-order valence-corrected chi connectivity index (χ3v) is 7.44. The predicted molar refractivity (Wildman–Crippen MR) is 139 cm³/mol. The first-order chi connectivity index (χ1) is 16.5. The summed E-state index contributed by atoms with van der Waals surface area (Å²) in [5.41, 5.74) is 4.48. The van der Waals surface area contributed by atoms with Crippen LogP contribution in [0.1, 0.15) is 52.2 Å². The van der Waals surface area contributed by atoms with Crippen LogP contribution in [-0.4, -0.2) is 30.9 Å². The third-order valence-electron chi connectivity index (χ3n) is 7.44. The van der Waals surface area contributed by atoms with E-state index in [4.69, 9.17) is 4.74 Å². The molecule has 0 amide bonds. The van der Waals surface area contributed by atoms with E-state index in [1.54, 1.807) is 7.11 Å². The predicted octanol–water partition coefficient (Wildman–Crippen LogP) is 6.83. The van der Waals surface area contributed by atoms with E-state index in [-0.39, 0.29) is 17.1 Å². The maximum atomic E-state index is 13.7. The van der Waals surface area contributed by atoms with Gasteiger partial charge in [-0.2, -0.15) is 0 Å². The van der Waals surface area contributed by atoms with Gasteiger partial charge in [-0.1, -0.05) is 72.8 Å². The molecule has 0 spiro atoms. The molecule has 3 heteroatoms. The minimum absolute atomic E-state index is 0.0583. The first-order valence-corrected chi connectivity index (χ1v) is 12.2. The topological polar surface area (TPSA) is 29.5 Å². The lowest BCUT2D eigenvalue weighted by Crippen LogP contribution is -2.40. The van der Waals surface area contributed by atoms with Crippen molar-refractivity contribution in [2.24, 2.45) is 5.41 Å². The van der Waals surface area contributed by atoms with Crippen molar-refractivity contribution in [3.8, 4) is 5.75 Å². The first kappa shape index (κ1) is 24.0. The van der Waals surface area contributed by atoms with Crippen molar-refractivity contribution in [2.75, 3.05) is 20.2 Å². The fraction of sp³-hybridized carbons (Fsp3) is 0.323. The van der Waals surface area contributed by atoms with Gasteiger partial charge in [-0.05, 0) is 73.5 Å². The second-order valence-electron chi connectivity index (χ2n) is 9.53. The highest BCUT2D eigenvalue weighted by Crippen LogP contribution is 2.43. The lowest BCUT2D eigenvalue weighted by Gasteiger charge is -2.42. The molecule has 176 valence electrons. The number of rotatable bonds is 9. The molecule has 34 heavy (non-hydrogen) atoms. The SMILES string of the molecule is C=CC1(CC(C(=O)c2ccccc2)c2ccc(OC)cc2)CCN(Cc2ccccc2C)CC1. The quantitative estimate of drug-likeness (QED) is 0.263. The van der Waals surface area contributed by atoms with Gasteiger partial charge in [-0.3, -0.25) is 9.69 Å². The summed E-state index contributed by atoms with van der Waals surface area (Å²) in [5.74, 6) is 0.765. The van der Waals surface area contributed by atoms with Gasteiger partial charge in [-0.25, -0.2) is 0 Å². The molecule has 3 nitrogen and oxygen atoms in total. The normalized spacial score (nSPS) is 16.5. The Labute approximate surface area is 204 Å². The Morgan fingerprint density at radius 3 is 2.26 bits per heavy atom. The summed E-state index contributed by atoms with van der Waals surface area (Å²) >= 11 is 0. The number of carbonyl (C=O) groups is 1. The Hall–Kier alpha value is -3.17. The molecule has 0 saturated carbocycles. The molecule has 1 aliphatic rings. The lowest BCUT2D eigenvalue weighted by molar-refractivity contribution is 0.0874. The molecule has 1 aliphatic heterocycles. The van der Waals surface area contributed by atoms with Gasteiger partial charge in [0.15, 0.2) is 5.78 Å². The van der Waals surface area contributed by atoms with Gasteiger partial charge in [0.2, 0.25) is 0 Å². The molecule has 0 aromatic heterocycles. The summed E-state index contributed by atoms with van der Waals surface area (Å²) in [4.78, 5) is 16.2. The van der Waals surface area contributed by atoms with Gasteiger partial charge < -0.3 is 4.74 Å². The number of benzene rings is 3. The number of ether oxygens (including phenoxy) is 1. The molecule has 4 rings (SSSR count). The summed E-state index contributed by atoms with van der Waals surface area (Å²) in [5, 5.41) is 0. The Balaban J connectivity index is 1.54. The van der Waals surface area contributed by atoms with Crippen molar-refractivity contribution >= 4 is 5.78 Å². The smallest absolute Gasteiger partial charge is 0.170 e. The van der Waals surface area contributed by atoms with Crippen molar-refractivity contribution in [2.45, 2.75) is 38.6 Å². The zero-order valence-corrected chi connectivity index (χ0v) is 20.4. The monoisotopic (exact) mass is 453 g/mol. The fourth-order valence-corrected chi connectivity index (χ4v) is 5.08. The van der Waals surface area contributed by atoms with Gasteiger partial charge in [0.05, 0.1) is 7.11 Å². The fourth-order valence-electron chi connectivity index (χ4n) is 5.08. The number of carbonyl (C=O) groups excluding carboxylic acids is 1. The van der Waals surface area contributed by atoms with Crippen LogP contribution in [0.2, 0.25) is 0 Å². The van der Waals surface area contributed by atoms with Gasteiger partial charge in [0.1, 0.15) is 5.75 Å². The maximum absolute atomic E-state index is 13.7. The average Bonchev–Trinajstić information content (AvgIpc) is 2.90. The molecule has 0 N–H and O–H groups in total. The van der Waals surface area contributed by atoms with Crippen LogP contribution in [0.4, 0.5) is 0 Å². The van der Waals surface area contributed by atoms with E-state index in [1.165, 1.54) is 11.1 Å². The molecule has 1 saturated heterocycles. The third kappa shape index (κ3) is 5.48. The average molecular weight is 454 g/mol. The number of likely N-dealkylation sites (tertiary alicyclic amines) is 1. The largest absolute Gasteiger partial charge is 0.497 e. The maximum Gasteiger partial charge on any atom is 0.170 e. The Kier molecular flexibility index (Phi) is 7.64. The number of nitrogens with zero attached hydrogens (tertiary/aromatic N) is 1. The zero-order chi connectivity index (χ0) is 24.0. The number of Topliss-reactive ketones (excluding diaryl/α,β-unsaturated/α-hetero) is 1. The highest BCUT2D eigenvalue weighted by Gasteiger charge is 2.37. The number of methoxy groups -OCH3 is 1. The molecule has 3 aromatic rings. The van der Waals surface area contributed by atoms with E-state index in [2.05, 4.69) is 48.7 Å². The van der Waals surface area contributed by atoms with Crippen LogP contribution >= 0.6 is 0 Å². The summed E-state index contributed by atoms with van der Waals surface area (Å²) in [7, 11) is 1.67. The zero-order valence-electron chi connectivity index (χ0n) is 20.4. The molecule has 0 bridgehead atoms. The van der Waals surface area contributed by atoms with E-state index in [0.717, 1.165) is 55.8 Å². The highest BCUT2D eigenvalue weighted by molar-refractivity contribution is 6.01. The van der Waals surface area contributed by atoms with E-state index < -0.39 is 0 Å². The highest BCUT2D eigenvalue weighted by atomic mass is 16.5. The molecular formula is C31H35NO2. The summed E-state index contributed by atoms with van der Waals surface area (Å²) in [6.07, 6.45) is 4.91. The van der Waals surface area contributed by atoms with E-state index in [9.17, 15) is 4.79 Å². The number of hydrogen-bond acceptors (Lipinski definition) is 3. The number of aryl methyl sites for hydroxylation is 1. The Morgan fingerprint density at radius 2 is 1.65 bits per heavy atom. The molecular weight excluding hydrogens is 418 g/mol. The van der Waals surface area contributed by atoms with Crippen molar-refractivity contribution in [1.82, 2.24) is 4.90 Å². The molecule has 3 aromatic carbocycles. The van der Waals surface area contributed by atoms with Crippen molar-refractivity contribution in [3.05, 3.63) is 114 Å². The first-order valence-electron chi connectivity index (χ1n) is 12.2. The summed E-state index contributed by atoms with van der Waals surface area (Å²) < 4.78 is 5.35. The Bertz CT molecular complexity index is 1100. The van der Waals surface area contributed by atoms with Gasteiger partial charge in [0, 0.05) is 18.0 Å². The van der Waals surface area contributed by atoms with Crippen LogP contribution in [0.3, 0.4) is 0 Å². The van der Waals surface area contributed by atoms with E-state index >= 15 is 0 Å². The molecule has 1 unspecified atom stereocenters. The molecule has 1 atom stereocenters. The van der Waals surface area contributed by atoms with Crippen molar-refractivity contribution in [1.29, 1.82) is 0 Å². The van der Waals surface area contributed by atoms with Crippen LogP contribution in [0.5, 0.6) is 5.75 Å². The van der Waals surface area contributed by atoms with Gasteiger partial charge >= 0.3 is 0 Å². The summed E-state index contributed by atoms with van der Waals surface area (Å²) in [6, 6.07) is 26.3. The van der Waals surface area contributed by atoms with Crippen molar-refractivity contribution < 1.29 is 9.53 Å². The standard InChI is InChI=1S/C31H35NO2/c1-4-31(18-20-32(21-19-31)23-27-13-9-8-10-24(27)2)22-29(25-14-16-28(34-3)17-15-25)30(33)26-11-6-5-7-12-26/h4-17,29H,1,18-23H2,2-3H3. The van der Waals surface area contributed by atoms with Crippen molar-refractivity contribution in [3.63, 3.8) is 0 Å². The lowest BCUT2D eigenvalue weighted by atomic mass is 9.69. The van der Waals surface area contributed by atoms with Crippen LogP contribution in [0.15, 0.2) is 91.5 Å². The van der Waals surface area contributed by atoms with Gasteiger partial charge in [-0.15, -0.1) is 6.58 Å². The van der Waals surface area contributed by atoms with Gasteiger partial charge in [0.25, 0.3) is 0 Å². The molecule has 1 heterocycles. The van der Waals surface area contributed by atoms with E-state index in [0.29, 0.717) is 0 Å². The van der Waals surface area contributed by atoms with Crippen LogP contribution < -0.4 is 4.74 Å². The molecule has 0 aliphatic carbocycles. The molecule has 0 radical (unpaired) electrons. The number of allylic oxidation sites excluding steroid dienone is 1. The number of hydrogen-bond donors (Lipinski definition) is 0. The van der Waals surface area contributed by atoms with Crippen LogP contribution in [0, 0.1) is 12.3 Å². The molecule has 1 fully saturated rings. The van der Waals surface area contributed by atoms with Crippen LogP contribution in [-0.2, 0) is 6.54 Å². The minimum atomic E-state index is -0.214. The Morgan fingerprint density at radius 1 is 1.00 bits per heavy atom. The van der Waals surface area contributed by atoms with Crippen LogP contribution in [0.25, 0.3) is 0 Å². The second-order valence-corrected chi connectivity index (χ2v) is 9.53. The summed E-state index contributed by atoms with van der Waals surface area (Å²) in [6.45, 7) is 9.41. The van der Waals surface area contributed by atoms with E-state index in [1.807, 2.05) is 54.6 Å². The minimum Gasteiger partial charge on any atom is -0.497 e.